The molecule has 0 spiro atoms. The number of para-hydroxylation sites is 1. The molecule has 0 aliphatic carbocycles. The van der Waals surface area contributed by atoms with Gasteiger partial charge in [-0.15, -0.1) is 6.58 Å². The second-order valence-electron chi connectivity index (χ2n) is 9.12. The molecule has 1 saturated heterocycles. The lowest BCUT2D eigenvalue weighted by atomic mass is 9.82. The van der Waals surface area contributed by atoms with E-state index in [9.17, 15) is 24.0 Å². The number of rotatable bonds is 11. The number of aromatic nitrogens is 1. The largest absolute Gasteiger partial charge is 0.479 e. The molecule has 9 N–H and O–H groups in total. The number of nitrogens with zero attached hydrogens (tertiary/aromatic N) is 1. The molecule has 1 aliphatic heterocycles. The number of aliphatic hydroxyl groups is 4. The smallest absolute Gasteiger partial charge is 0.335 e. The van der Waals surface area contributed by atoms with Gasteiger partial charge in [0.05, 0.1) is 5.52 Å². The van der Waals surface area contributed by atoms with Gasteiger partial charge in [0.1, 0.15) is 0 Å². The molecular weight excluding hydrogens is 560 g/mol. The summed E-state index contributed by atoms with van der Waals surface area (Å²) in [5.74, 6) is -5.80. The van der Waals surface area contributed by atoms with Gasteiger partial charge in [-0.1, -0.05) is 24.3 Å². The molecule has 1 fully saturated rings. The van der Waals surface area contributed by atoms with Crippen molar-refractivity contribution >= 4 is 40.6 Å². The lowest BCUT2D eigenvalue weighted by Gasteiger charge is -2.29. The molecule has 230 valence electrons. The molecule has 1 aromatic carbocycles. The van der Waals surface area contributed by atoms with Crippen molar-refractivity contribution in [1.29, 1.82) is 0 Å². The van der Waals surface area contributed by atoms with Gasteiger partial charge in [-0.05, 0) is 43.4 Å². The number of piperidine rings is 1. The van der Waals surface area contributed by atoms with Crippen molar-refractivity contribution in [2.75, 3.05) is 13.1 Å². The van der Waals surface area contributed by atoms with Crippen molar-refractivity contribution in [3.05, 3.63) is 54.7 Å². The number of ketones is 1. The SMILES string of the molecule is C=C[C@H]1CNCC[C@H]1CCC(=O)c1ccnc2ccccc12.O=C(O)[C@H](O)[C@@H](O)C(=O)O.O=C(O)[C@H](O)[C@@H](O)C(=O)O. The summed E-state index contributed by atoms with van der Waals surface area (Å²) in [6.45, 7) is 5.96. The number of carboxylic acid groups (broad SMARTS) is 4. The van der Waals surface area contributed by atoms with E-state index in [1.54, 1.807) is 6.20 Å². The second kappa shape index (κ2) is 17.5. The Kier molecular flexibility index (Phi) is 14.9. The van der Waals surface area contributed by atoms with Crippen LogP contribution in [0.1, 0.15) is 29.6 Å². The quantitative estimate of drug-likeness (QED) is 0.116. The maximum Gasteiger partial charge on any atom is 0.335 e. The van der Waals surface area contributed by atoms with Gasteiger partial charge >= 0.3 is 23.9 Å². The van der Waals surface area contributed by atoms with Crippen molar-refractivity contribution in [2.24, 2.45) is 11.8 Å². The first kappa shape index (κ1) is 35.7. The third kappa shape index (κ3) is 10.9. The van der Waals surface area contributed by atoms with Gasteiger partial charge in [0.2, 0.25) is 0 Å². The van der Waals surface area contributed by atoms with Crippen LogP contribution >= 0.6 is 0 Å². The molecule has 2 heterocycles. The first-order chi connectivity index (χ1) is 19.7. The highest BCUT2D eigenvalue weighted by molar-refractivity contribution is 6.07. The number of hydrogen-bond acceptors (Lipinski definition) is 11. The molecule has 15 heteroatoms. The molecule has 0 radical (unpaired) electrons. The Bertz CT molecular complexity index is 1170. The van der Waals surface area contributed by atoms with Crippen LogP contribution in [0.5, 0.6) is 0 Å². The number of aliphatic hydroxyl groups excluding tert-OH is 4. The molecule has 6 atom stereocenters. The Labute approximate surface area is 239 Å². The Hall–Kier alpha value is -4.28. The van der Waals surface area contributed by atoms with E-state index in [0.29, 0.717) is 18.3 Å². The monoisotopic (exact) mass is 594 g/mol. The number of pyridine rings is 1. The molecule has 15 nitrogen and oxygen atoms in total. The molecule has 0 saturated carbocycles. The average Bonchev–Trinajstić information content (AvgIpc) is 2.98. The van der Waals surface area contributed by atoms with Gasteiger partial charge in [-0.2, -0.15) is 0 Å². The molecule has 0 amide bonds. The summed E-state index contributed by atoms with van der Waals surface area (Å²) in [7, 11) is 0. The normalized spacial score (nSPS) is 18.9. The summed E-state index contributed by atoms with van der Waals surface area (Å²) in [5.41, 5.74) is 1.69. The molecule has 0 unspecified atom stereocenters. The zero-order valence-corrected chi connectivity index (χ0v) is 22.3. The number of carbonyl (C=O) groups is 5. The van der Waals surface area contributed by atoms with E-state index in [1.807, 2.05) is 36.4 Å². The maximum atomic E-state index is 12.6. The average molecular weight is 595 g/mol. The molecule has 1 aliphatic rings. The second-order valence-corrected chi connectivity index (χ2v) is 9.12. The van der Waals surface area contributed by atoms with Crippen LogP contribution in [0.15, 0.2) is 49.2 Å². The standard InChI is InChI=1S/C19H22N2O.2C4H6O6/c1-2-14-13-20-11-9-15(14)7-8-19(22)17-10-12-21-18-6-4-3-5-16(17)18;2*5-1(3(7)8)2(6)4(9)10/h2-6,10,12,14-15,20H,1,7-9,11,13H2;2*1-2,5-6H,(H,7,8)(H,9,10)/t14-,15+;2*1-,2-/m011/s1. The number of benzene rings is 1. The van der Waals surface area contributed by atoms with Crippen LogP contribution in [0, 0.1) is 11.8 Å². The molecule has 3 rings (SSSR count). The Balaban J connectivity index is 0.000000370. The van der Waals surface area contributed by atoms with Gasteiger partial charge in [0.15, 0.2) is 30.2 Å². The van der Waals surface area contributed by atoms with Gasteiger partial charge < -0.3 is 46.2 Å². The number of hydrogen-bond donors (Lipinski definition) is 9. The number of carboxylic acids is 4. The van der Waals surface area contributed by atoms with Crippen LogP contribution in [-0.4, -0.2) is 113 Å². The maximum absolute atomic E-state index is 12.6. The fourth-order valence-electron chi connectivity index (χ4n) is 3.90. The fourth-order valence-corrected chi connectivity index (χ4v) is 3.90. The van der Waals surface area contributed by atoms with Crippen LogP contribution < -0.4 is 5.32 Å². The van der Waals surface area contributed by atoms with E-state index in [2.05, 4.69) is 16.9 Å². The van der Waals surface area contributed by atoms with Crippen LogP contribution in [0.3, 0.4) is 0 Å². The number of Topliss-reactive ketones (excluding diaryl/α,β-unsaturated/α-hetero) is 1. The van der Waals surface area contributed by atoms with Crippen molar-refractivity contribution in [3.8, 4) is 0 Å². The highest BCUT2D eigenvalue weighted by atomic mass is 16.4. The number of aliphatic carboxylic acids is 4. The number of carbonyl (C=O) groups excluding carboxylic acids is 1. The summed E-state index contributed by atoms with van der Waals surface area (Å²) < 4.78 is 0. The molecular formula is C27H34N2O13. The summed E-state index contributed by atoms with van der Waals surface area (Å²) in [5, 5.41) is 69.4. The van der Waals surface area contributed by atoms with Gasteiger partial charge in [0.25, 0.3) is 0 Å². The van der Waals surface area contributed by atoms with Crippen LogP contribution in [0.2, 0.25) is 0 Å². The molecule has 0 bridgehead atoms. The summed E-state index contributed by atoms with van der Waals surface area (Å²) in [4.78, 5) is 56.0. The van der Waals surface area contributed by atoms with Gasteiger partial charge in [-0.3, -0.25) is 9.78 Å². The van der Waals surface area contributed by atoms with E-state index in [-0.39, 0.29) is 5.78 Å². The third-order valence-electron chi connectivity index (χ3n) is 6.28. The molecule has 42 heavy (non-hydrogen) atoms. The predicted octanol–water partition coefficient (Wildman–Crippen LogP) is -0.636. The van der Waals surface area contributed by atoms with Crippen molar-refractivity contribution in [2.45, 2.75) is 43.7 Å². The number of nitrogens with one attached hydrogen (secondary N) is 1. The minimum Gasteiger partial charge on any atom is -0.479 e. The van der Waals surface area contributed by atoms with Gasteiger partial charge in [0, 0.05) is 30.1 Å². The van der Waals surface area contributed by atoms with E-state index in [0.717, 1.165) is 42.4 Å². The fraction of sp³-hybridized carbons (Fsp3) is 0.407. The number of fused-ring (bicyclic) bond motifs is 1. The summed E-state index contributed by atoms with van der Waals surface area (Å²) in [6, 6.07) is 9.69. The zero-order valence-electron chi connectivity index (χ0n) is 22.3. The topological polar surface area (TPSA) is 272 Å². The minimum atomic E-state index is -2.27. The van der Waals surface area contributed by atoms with Gasteiger partial charge in [-0.25, -0.2) is 19.2 Å². The highest BCUT2D eigenvalue weighted by Crippen LogP contribution is 2.26. The first-order valence-electron chi connectivity index (χ1n) is 12.6. The Morgan fingerprint density at radius 3 is 1.83 bits per heavy atom. The van der Waals surface area contributed by atoms with E-state index in [4.69, 9.17) is 40.9 Å². The van der Waals surface area contributed by atoms with Crippen LogP contribution in [-0.2, 0) is 19.2 Å². The Morgan fingerprint density at radius 1 is 0.857 bits per heavy atom. The highest BCUT2D eigenvalue weighted by Gasteiger charge is 2.30. The minimum absolute atomic E-state index is 0.222. The van der Waals surface area contributed by atoms with Crippen molar-refractivity contribution < 1.29 is 64.8 Å². The van der Waals surface area contributed by atoms with Crippen molar-refractivity contribution in [3.63, 3.8) is 0 Å². The zero-order chi connectivity index (χ0) is 32.0. The van der Waals surface area contributed by atoms with Crippen molar-refractivity contribution in [1.82, 2.24) is 10.3 Å². The van der Waals surface area contributed by atoms with E-state index in [1.165, 1.54) is 0 Å². The van der Waals surface area contributed by atoms with Crippen LogP contribution in [0.25, 0.3) is 10.9 Å². The van der Waals surface area contributed by atoms with Crippen LogP contribution in [0.4, 0.5) is 0 Å². The third-order valence-corrected chi connectivity index (χ3v) is 6.28. The van der Waals surface area contributed by atoms with E-state index < -0.39 is 48.3 Å². The first-order valence-corrected chi connectivity index (χ1v) is 12.6. The van der Waals surface area contributed by atoms with E-state index >= 15 is 0 Å². The molecule has 1 aromatic heterocycles. The summed E-state index contributed by atoms with van der Waals surface area (Å²) in [6.07, 6.45) is -2.64. The lowest BCUT2D eigenvalue weighted by Crippen LogP contribution is -2.39. The predicted molar refractivity (Wildman–Crippen MR) is 145 cm³/mol. The Morgan fingerprint density at radius 2 is 1.36 bits per heavy atom. The lowest BCUT2D eigenvalue weighted by molar-refractivity contribution is -0.165. The summed E-state index contributed by atoms with van der Waals surface area (Å²) >= 11 is 0. The molecule has 2 aromatic rings.